The maximum Gasteiger partial charge on any atom is 0.416 e. The minimum Gasteiger partial charge on any atom is -0.308 e. The monoisotopic (exact) mass is 619 g/mol. The van der Waals surface area contributed by atoms with Crippen molar-refractivity contribution in [2.75, 3.05) is 0 Å². The summed E-state index contributed by atoms with van der Waals surface area (Å²) in [4.78, 5) is 3.92. The fraction of sp³-hybridized carbons (Fsp3) is 0.0976. The Kier molecular flexibility index (Phi) is 6.32. The van der Waals surface area contributed by atoms with E-state index in [1.165, 1.54) is 0 Å². The quantitative estimate of drug-likeness (QED) is 0.175. The number of hydrogen-bond donors (Lipinski definition) is 0. The van der Waals surface area contributed by atoms with Crippen LogP contribution in [-0.4, -0.2) is 9.13 Å². The van der Waals surface area contributed by atoms with Gasteiger partial charge in [0.2, 0.25) is 0 Å². The van der Waals surface area contributed by atoms with Crippen LogP contribution in [0.2, 0.25) is 0 Å². The third-order valence-electron chi connectivity index (χ3n) is 9.07. The van der Waals surface area contributed by atoms with Gasteiger partial charge in [0.05, 0.1) is 45.6 Å². The number of alkyl halides is 3. The van der Waals surface area contributed by atoms with Crippen molar-refractivity contribution in [1.82, 2.24) is 9.13 Å². The summed E-state index contributed by atoms with van der Waals surface area (Å²) in [5.74, 6) is 0. The maximum absolute atomic E-state index is 14.0. The third kappa shape index (κ3) is 4.50. The zero-order chi connectivity index (χ0) is 32.6. The molecule has 0 aliphatic heterocycles. The van der Waals surface area contributed by atoms with Crippen LogP contribution in [0.5, 0.6) is 0 Å². The molecule has 8 aromatic rings. The predicted molar refractivity (Wildman–Crippen MR) is 186 cm³/mol. The molecule has 0 radical (unpaired) electrons. The number of aromatic nitrogens is 2. The summed E-state index contributed by atoms with van der Waals surface area (Å²) in [7, 11) is 0. The zero-order valence-corrected chi connectivity index (χ0v) is 25.9. The van der Waals surface area contributed by atoms with Crippen LogP contribution in [0.3, 0.4) is 0 Å². The predicted octanol–water partition coefficient (Wildman–Crippen LogP) is 12.0. The van der Waals surface area contributed by atoms with E-state index in [4.69, 9.17) is 6.57 Å². The van der Waals surface area contributed by atoms with Crippen LogP contribution in [-0.2, 0) is 6.18 Å². The first-order chi connectivity index (χ1) is 22.6. The summed E-state index contributed by atoms with van der Waals surface area (Å²) in [6.45, 7) is 14.0. The van der Waals surface area contributed by atoms with E-state index < -0.39 is 11.7 Å². The lowest BCUT2D eigenvalue weighted by Gasteiger charge is -2.20. The van der Waals surface area contributed by atoms with Crippen molar-refractivity contribution in [2.45, 2.75) is 26.9 Å². The largest absolute Gasteiger partial charge is 0.416 e. The van der Waals surface area contributed by atoms with Gasteiger partial charge >= 0.3 is 6.18 Å². The number of fused-ring (bicyclic) bond motifs is 6. The lowest BCUT2D eigenvalue weighted by atomic mass is 9.97. The molecule has 0 saturated carbocycles. The van der Waals surface area contributed by atoms with Gasteiger partial charge in [-0.05, 0) is 98.1 Å². The van der Waals surface area contributed by atoms with E-state index in [9.17, 15) is 13.2 Å². The minimum absolute atomic E-state index is 0.275. The SMILES string of the molecule is [C-]#[N+]c1cc(-n2c3ccccc3c3cc(C)ccc32)c(-n2c3ccccc3c3cc(C)ccc32)cc1-c1cc(C)cc(C(F)(F)F)c1. The van der Waals surface area contributed by atoms with E-state index >= 15 is 0 Å². The molecule has 2 aromatic heterocycles. The summed E-state index contributed by atoms with van der Waals surface area (Å²) < 4.78 is 46.5. The second kappa shape index (κ2) is 10.4. The molecular weight excluding hydrogens is 591 g/mol. The molecule has 228 valence electrons. The third-order valence-corrected chi connectivity index (χ3v) is 9.07. The molecule has 0 spiro atoms. The van der Waals surface area contributed by atoms with Gasteiger partial charge in [0.1, 0.15) is 0 Å². The van der Waals surface area contributed by atoms with Crippen molar-refractivity contribution < 1.29 is 13.2 Å². The van der Waals surface area contributed by atoms with E-state index in [1.54, 1.807) is 13.0 Å². The van der Waals surface area contributed by atoms with Crippen molar-refractivity contribution in [3.63, 3.8) is 0 Å². The van der Waals surface area contributed by atoms with Gasteiger partial charge in [-0.2, -0.15) is 13.2 Å². The van der Waals surface area contributed by atoms with Crippen LogP contribution in [0.15, 0.2) is 115 Å². The fourth-order valence-electron chi connectivity index (χ4n) is 7.04. The van der Waals surface area contributed by atoms with Gasteiger partial charge in [-0.1, -0.05) is 65.7 Å². The molecule has 0 fully saturated rings. The topological polar surface area (TPSA) is 14.2 Å². The average Bonchev–Trinajstić information content (AvgIpc) is 3.55. The van der Waals surface area contributed by atoms with E-state index in [0.717, 1.165) is 78.2 Å². The molecule has 6 aromatic carbocycles. The second-order valence-corrected chi connectivity index (χ2v) is 12.3. The Morgan fingerprint density at radius 1 is 0.532 bits per heavy atom. The highest BCUT2D eigenvalue weighted by atomic mass is 19.4. The molecule has 47 heavy (non-hydrogen) atoms. The summed E-state index contributed by atoms with van der Waals surface area (Å²) in [6, 6.07) is 36.8. The number of para-hydroxylation sites is 2. The van der Waals surface area contributed by atoms with Gasteiger partial charge in [-0.3, -0.25) is 0 Å². The Labute approximate surface area is 269 Å². The molecule has 0 saturated heterocycles. The molecule has 0 atom stereocenters. The van der Waals surface area contributed by atoms with Crippen molar-refractivity contribution in [3.05, 3.63) is 149 Å². The Morgan fingerprint density at radius 2 is 1.04 bits per heavy atom. The van der Waals surface area contributed by atoms with Crippen LogP contribution in [0, 0.1) is 27.3 Å². The van der Waals surface area contributed by atoms with Gasteiger partial charge in [-0.25, -0.2) is 4.85 Å². The molecule has 8 rings (SSSR count). The van der Waals surface area contributed by atoms with E-state index in [-0.39, 0.29) is 5.69 Å². The number of benzene rings is 6. The molecule has 0 aliphatic carbocycles. The normalized spacial score (nSPS) is 12.0. The van der Waals surface area contributed by atoms with Crippen LogP contribution in [0.4, 0.5) is 18.9 Å². The Hall–Kier alpha value is -5.80. The first-order valence-corrected chi connectivity index (χ1v) is 15.4. The number of rotatable bonds is 3. The lowest BCUT2D eigenvalue weighted by Crippen LogP contribution is -2.06. The van der Waals surface area contributed by atoms with Gasteiger partial charge in [0.15, 0.2) is 5.69 Å². The molecule has 0 N–H and O–H groups in total. The van der Waals surface area contributed by atoms with Gasteiger partial charge in [-0.15, -0.1) is 0 Å². The first-order valence-electron chi connectivity index (χ1n) is 15.4. The molecule has 0 bridgehead atoms. The second-order valence-electron chi connectivity index (χ2n) is 12.3. The Balaban J connectivity index is 1.57. The molecule has 0 aliphatic rings. The van der Waals surface area contributed by atoms with E-state index in [0.29, 0.717) is 16.7 Å². The lowest BCUT2D eigenvalue weighted by molar-refractivity contribution is -0.137. The van der Waals surface area contributed by atoms with Crippen molar-refractivity contribution in [3.8, 4) is 22.5 Å². The zero-order valence-electron chi connectivity index (χ0n) is 25.9. The Morgan fingerprint density at radius 3 is 1.57 bits per heavy atom. The average molecular weight is 620 g/mol. The summed E-state index contributed by atoms with van der Waals surface area (Å²) in [5, 5.41) is 4.32. The molecule has 6 heteroatoms. The fourth-order valence-corrected chi connectivity index (χ4v) is 7.04. The van der Waals surface area contributed by atoms with Crippen LogP contribution < -0.4 is 0 Å². The number of halogens is 3. The molecule has 3 nitrogen and oxygen atoms in total. The van der Waals surface area contributed by atoms with E-state index in [2.05, 4.69) is 88.5 Å². The van der Waals surface area contributed by atoms with E-state index in [1.807, 2.05) is 36.4 Å². The van der Waals surface area contributed by atoms with Gasteiger partial charge in [0, 0.05) is 21.5 Å². The van der Waals surface area contributed by atoms with Crippen LogP contribution >= 0.6 is 0 Å². The van der Waals surface area contributed by atoms with Crippen LogP contribution in [0.1, 0.15) is 22.3 Å². The molecule has 0 unspecified atom stereocenters. The van der Waals surface area contributed by atoms with Gasteiger partial charge < -0.3 is 9.13 Å². The van der Waals surface area contributed by atoms with Crippen molar-refractivity contribution in [1.29, 1.82) is 0 Å². The molecule has 0 amide bonds. The number of hydrogen-bond acceptors (Lipinski definition) is 0. The molecular formula is C41H28F3N3. The summed E-state index contributed by atoms with van der Waals surface area (Å²) in [5.41, 5.74) is 8.49. The summed E-state index contributed by atoms with van der Waals surface area (Å²) in [6.07, 6.45) is -4.52. The Bertz CT molecular complexity index is 2610. The maximum atomic E-state index is 14.0. The van der Waals surface area contributed by atoms with Crippen molar-refractivity contribution >= 4 is 49.3 Å². The smallest absolute Gasteiger partial charge is 0.308 e. The van der Waals surface area contributed by atoms with Gasteiger partial charge in [0.25, 0.3) is 0 Å². The molecule has 2 heterocycles. The standard InChI is InChI=1S/C41H28F3N3/c1-24-13-15-37-32(19-24)29-9-5-7-11-35(29)46(37)39-22-31(27-17-26(3)18-28(21-27)41(42,43)44)34(45-4)23-40(39)47-36-12-8-6-10-30(36)33-20-25(2)14-16-38(33)47/h5-23H,1-3H3. The number of nitrogens with zero attached hydrogens (tertiary/aromatic N) is 3. The summed E-state index contributed by atoms with van der Waals surface area (Å²) >= 11 is 0. The minimum atomic E-state index is -4.52. The first kappa shape index (κ1) is 28.7. The highest BCUT2D eigenvalue weighted by Crippen LogP contribution is 2.44. The number of aryl methyl sites for hydroxylation is 3. The van der Waals surface area contributed by atoms with Crippen molar-refractivity contribution in [2.24, 2.45) is 0 Å². The highest BCUT2D eigenvalue weighted by Gasteiger charge is 2.31. The highest BCUT2D eigenvalue weighted by molar-refractivity contribution is 6.12. The van der Waals surface area contributed by atoms with Crippen LogP contribution in [0.25, 0.3) is 71.0 Å².